The Balaban J connectivity index is 1.57. The Hall–Kier alpha value is -1.30. The topological polar surface area (TPSA) is 55.1 Å². The van der Waals surface area contributed by atoms with Gasteiger partial charge in [-0.3, -0.25) is 0 Å². The number of anilines is 1. The van der Waals surface area contributed by atoms with Crippen molar-refractivity contribution in [2.75, 3.05) is 11.1 Å². The van der Waals surface area contributed by atoms with Crippen molar-refractivity contribution in [1.82, 2.24) is 19.8 Å². The summed E-state index contributed by atoms with van der Waals surface area (Å²) >= 11 is 2.07. The van der Waals surface area contributed by atoms with Crippen molar-refractivity contribution in [3.8, 4) is 0 Å². The lowest BCUT2D eigenvalue weighted by Gasteiger charge is -2.20. The Morgan fingerprint density at radius 2 is 2.14 bits per heavy atom. The minimum Gasteiger partial charge on any atom is -0.365 e. The van der Waals surface area contributed by atoms with Gasteiger partial charge in [-0.1, -0.05) is 13.3 Å². The maximum atomic E-state index is 4.73. The molecule has 2 aromatic rings. The Bertz CT molecular complexity index is 636. The van der Waals surface area contributed by atoms with Gasteiger partial charge in [0.25, 0.3) is 0 Å². The minimum atomic E-state index is 0.542. The Kier molecular flexibility index (Phi) is 3.49. The van der Waals surface area contributed by atoms with E-state index in [0.29, 0.717) is 12.0 Å². The third-order valence-corrected chi connectivity index (χ3v) is 5.72. The van der Waals surface area contributed by atoms with Gasteiger partial charge in [0.05, 0.1) is 0 Å². The number of rotatable bonds is 5. The van der Waals surface area contributed by atoms with Crippen LogP contribution in [0.1, 0.15) is 50.8 Å². The van der Waals surface area contributed by atoms with Crippen molar-refractivity contribution in [2.24, 2.45) is 0 Å². The van der Waals surface area contributed by atoms with Crippen molar-refractivity contribution in [1.29, 1.82) is 0 Å². The van der Waals surface area contributed by atoms with E-state index < -0.39 is 0 Å². The third-order valence-electron chi connectivity index (χ3n) is 4.40. The predicted molar refractivity (Wildman–Crippen MR) is 85.9 cm³/mol. The lowest BCUT2D eigenvalue weighted by Crippen LogP contribution is -2.27. The molecule has 0 bridgehead atoms. The molecule has 0 radical (unpaired) electrons. The van der Waals surface area contributed by atoms with Crippen molar-refractivity contribution >= 4 is 23.2 Å². The molecule has 5 nitrogen and oxygen atoms in total. The molecular weight excluding hydrogens is 282 g/mol. The summed E-state index contributed by atoms with van der Waals surface area (Å²) in [6.07, 6.45) is 6.32. The zero-order valence-corrected chi connectivity index (χ0v) is 13.1. The van der Waals surface area contributed by atoms with Crippen LogP contribution in [0.5, 0.6) is 0 Å². The Morgan fingerprint density at radius 3 is 2.95 bits per heavy atom. The van der Waals surface area contributed by atoms with Gasteiger partial charge in [0.15, 0.2) is 11.5 Å². The number of aromatic nitrogens is 4. The molecule has 4 rings (SSSR count). The van der Waals surface area contributed by atoms with Crippen molar-refractivity contribution in [3.05, 3.63) is 18.0 Å². The van der Waals surface area contributed by atoms with E-state index in [0.717, 1.165) is 22.5 Å². The maximum Gasteiger partial charge on any atom is 0.178 e. The molecule has 2 saturated carbocycles. The number of hydrogen-bond acceptors (Lipinski definition) is 5. The van der Waals surface area contributed by atoms with Gasteiger partial charge in [-0.25, -0.2) is 0 Å². The van der Waals surface area contributed by atoms with E-state index in [1.807, 2.05) is 16.6 Å². The fourth-order valence-electron chi connectivity index (χ4n) is 3.17. The zero-order chi connectivity index (χ0) is 14.2. The van der Waals surface area contributed by atoms with Crippen LogP contribution in [0.25, 0.3) is 5.65 Å². The SMILES string of the molecule is CCSC1CCCC1Nc1ccc2nnc(C3CC3)n2n1. The summed E-state index contributed by atoms with van der Waals surface area (Å²) in [6, 6.07) is 4.60. The van der Waals surface area contributed by atoms with Gasteiger partial charge >= 0.3 is 0 Å². The quantitative estimate of drug-likeness (QED) is 0.920. The standard InChI is InChI=1S/C15H21N5S/c1-2-21-12-5-3-4-11(12)16-13-8-9-14-17-18-15(10-6-7-10)20(14)19-13/h8-12H,2-7H2,1H3,(H,16,19). The fourth-order valence-corrected chi connectivity index (χ4v) is 4.37. The highest BCUT2D eigenvalue weighted by Gasteiger charge is 2.30. The summed E-state index contributed by atoms with van der Waals surface area (Å²) in [5.74, 6) is 3.74. The second kappa shape index (κ2) is 5.48. The lowest BCUT2D eigenvalue weighted by atomic mass is 10.2. The van der Waals surface area contributed by atoms with E-state index in [1.54, 1.807) is 0 Å². The molecule has 112 valence electrons. The summed E-state index contributed by atoms with van der Waals surface area (Å²) < 4.78 is 1.93. The van der Waals surface area contributed by atoms with Gasteiger partial charge in [-0.05, 0) is 43.6 Å². The monoisotopic (exact) mass is 303 g/mol. The van der Waals surface area contributed by atoms with Crippen LogP contribution < -0.4 is 5.32 Å². The highest BCUT2D eigenvalue weighted by Crippen LogP contribution is 2.38. The van der Waals surface area contributed by atoms with Gasteiger partial charge in [0.2, 0.25) is 0 Å². The molecule has 2 heterocycles. The molecule has 0 aromatic carbocycles. The van der Waals surface area contributed by atoms with Crippen molar-refractivity contribution < 1.29 is 0 Å². The average molecular weight is 303 g/mol. The van der Waals surface area contributed by atoms with E-state index >= 15 is 0 Å². The molecule has 2 aliphatic carbocycles. The second-order valence-corrected chi connectivity index (χ2v) is 7.51. The van der Waals surface area contributed by atoms with Gasteiger partial charge in [-0.2, -0.15) is 16.3 Å². The molecule has 1 N–H and O–H groups in total. The van der Waals surface area contributed by atoms with Gasteiger partial charge < -0.3 is 5.32 Å². The molecule has 2 atom stereocenters. The Labute approximate surface area is 128 Å². The van der Waals surface area contributed by atoms with E-state index in [4.69, 9.17) is 5.10 Å². The summed E-state index contributed by atoms with van der Waals surface area (Å²) in [4.78, 5) is 0. The van der Waals surface area contributed by atoms with E-state index in [2.05, 4.69) is 34.2 Å². The van der Waals surface area contributed by atoms with Gasteiger partial charge in [-0.15, -0.1) is 15.3 Å². The summed E-state index contributed by atoms with van der Waals surface area (Å²) in [6.45, 7) is 2.24. The average Bonchev–Trinajstić information content (AvgIpc) is 3.11. The predicted octanol–water partition coefficient (Wildman–Crippen LogP) is 3.09. The molecule has 0 saturated heterocycles. The molecule has 21 heavy (non-hydrogen) atoms. The first-order chi connectivity index (χ1) is 10.3. The molecule has 0 amide bonds. The summed E-state index contributed by atoms with van der Waals surface area (Å²) in [5, 5.41) is 17.6. The van der Waals surface area contributed by atoms with Crippen LogP contribution in [0.2, 0.25) is 0 Å². The van der Waals surface area contributed by atoms with Gasteiger partial charge in [0, 0.05) is 17.2 Å². The van der Waals surface area contributed by atoms with Crippen molar-refractivity contribution in [2.45, 2.75) is 56.2 Å². The van der Waals surface area contributed by atoms with E-state index in [9.17, 15) is 0 Å². The number of nitrogens with one attached hydrogen (secondary N) is 1. The minimum absolute atomic E-state index is 0.542. The van der Waals surface area contributed by atoms with Crippen LogP contribution in [-0.4, -0.2) is 36.9 Å². The molecular formula is C15H21N5S. The van der Waals surface area contributed by atoms with Crippen LogP contribution in [-0.2, 0) is 0 Å². The number of hydrogen-bond donors (Lipinski definition) is 1. The van der Waals surface area contributed by atoms with Crippen LogP contribution in [0, 0.1) is 0 Å². The molecule has 2 aromatic heterocycles. The molecule has 2 unspecified atom stereocenters. The van der Waals surface area contributed by atoms with Gasteiger partial charge in [0.1, 0.15) is 5.82 Å². The number of fused-ring (bicyclic) bond motifs is 1. The molecule has 0 spiro atoms. The smallest absolute Gasteiger partial charge is 0.178 e. The van der Waals surface area contributed by atoms with Crippen molar-refractivity contribution in [3.63, 3.8) is 0 Å². The van der Waals surface area contributed by atoms with Crippen LogP contribution in [0.15, 0.2) is 12.1 Å². The van der Waals surface area contributed by atoms with Crippen LogP contribution >= 0.6 is 11.8 Å². The fraction of sp³-hybridized carbons (Fsp3) is 0.667. The Morgan fingerprint density at radius 1 is 1.24 bits per heavy atom. The maximum absolute atomic E-state index is 4.73. The lowest BCUT2D eigenvalue weighted by molar-refractivity contribution is 0.746. The first-order valence-electron chi connectivity index (χ1n) is 7.95. The highest BCUT2D eigenvalue weighted by atomic mass is 32.2. The molecule has 2 fully saturated rings. The number of nitrogens with zero attached hydrogens (tertiary/aromatic N) is 4. The van der Waals surface area contributed by atoms with E-state index in [-0.39, 0.29) is 0 Å². The summed E-state index contributed by atoms with van der Waals surface area (Å²) in [5.41, 5.74) is 0.855. The molecule has 0 aliphatic heterocycles. The van der Waals surface area contributed by atoms with Crippen LogP contribution in [0.3, 0.4) is 0 Å². The first kappa shape index (κ1) is 13.4. The zero-order valence-electron chi connectivity index (χ0n) is 12.3. The largest absolute Gasteiger partial charge is 0.365 e. The third kappa shape index (κ3) is 2.61. The normalized spacial score (nSPS) is 25.6. The highest BCUT2D eigenvalue weighted by molar-refractivity contribution is 7.99. The molecule has 6 heteroatoms. The van der Waals surface area contributed by atoms with E-state index in [1.165, 1.54) is 37.9 Å². The molecule has 2 aliphatic rings. The number of thioether (sulfide) groups is 1. The first-order valence-corrected chi connectivity index (χ1v) is 9.00. The second-order valence-electron chi connectivity index (χ2n) is 6.00. The summed E-state index contributed by atoms with van der Waals surface area (Å²) in [7, 11) is 0. The van der Waals surface area contributed by atoms with Crippen LogP contribution in [0.4, 0.5) is 5.82 Å².